The topological polar surface area (TPSA) is 24.9 Å². The van der Waals surface area contributed by atoms with Crippen molar-refractivity contribution in [3.63, 3.8) is 0 Å². The van der Waals surface area contributed by atoms with Crippen molar-refractivity contribution in [3.8, 4) is 0 Å². The van der Waals surface area contributed by atoms with E-state index < -0.39 is 0 Å². The predicted molar refractivity (Wildman–Crippen MR) is 95.6 cm³/mol. The molecule has 0 aliphatic carbocycles. The second kappa shape index (κ2) is 8.66. The Morgan fingerprint density at radius 3 is 2.52 bits per heavy atom. The quantitative estimate of drug-likeness (QED) is 0.710. The summed E-state index contributed by atoms with van der Waals surface area (Å²) in [7, 11) is 0. The molecular formula is C17H20Br2N2. The number of nitrogens with zero attached hydrogens (tertiary/aromatic N) is 1. The zero-order chi connectivity index (χ0) is 15.1. The van der Waals surface area contributed by atoms with Gasteiger partial charge in [-0.1, -0.05) is 35.0 Å². The number of halogens is 2. The Kier molecular flexibility index (Phi) is 6.87. The molecule has 0 spiro atoms. The third-order valence-corrected chi connectivity index (χ3v) is 4.22. The molecule has 1 N–H and O–H groups in total. The number of hydrogen-bond acceptors (Lipinski definition) is 2. The highest BCUT2D eigenvalue weighted by atomic mass is 79.9. The molecule has 1 aromatic heterocycles. The van der Waals surface area contributed by atoms with Crippen molar-refractivity contribution in [1.82, 2.24) is 10.3 Å². The fraction of sp³-hybridized carbons (Fsp3) is 0.353. The van der Waals surface area contributed by atoms with Gasteiger partial charge in [-0.05, 0) is 71.1 Å². The summed E-state index contributed by atoms with van der Waals surface area (Å²) in [6.07, 6.45) is 6.93. The Morgan fingerprint density at radius 2 is 1.81 bits per heavy atom. The normalized spacial score (nSPS) is 12.3. The fourth-order valence-electron chi connectivity index (χ4n) is 2.37. The van der Waals surface area contributed by atoms with Crippen LogP contribution in [-0.4, -0.2) is 17.6 Å². The summed E-state index contributed by atoms with van der Waals surface area (Å²) < 4.78 is 2.18. The van der Waals surface area contributed by atoms with E-state index in [9.17, 15) is 0 Å². The van der Waals surface area contributed by atoms with E-state index in [1.54, 1.807) is 0 Å². The van der Waals surface area contributed by atoms with Gasteiger partial charge in [-0.3, -0.25) is 4.98 Å². The van der Waals surface area contributed by atoms with Crippen molar-refractivity contribution >= 4 is 31.9 Å². The largest absolute Gasteiger partial charge is 0.313 e. The maximum Gasteiger partial charge on any atom is 0.0410 e. The zero-order valence-corrected chi connectivity index (χ0v) is 15.3. The summed E-state index contributed by atoms with van der Waals surface area (Å²) in [5.41, 5.74) is 2.61. The van der Waals surface area contributed by atoms with Crippen LogP contribution in [0.4, 0.5) is 0 Å². The van der Waals surface area contributed by atoms with E-state index in [1.807, 2.05) is 12.4 Å². The van der Waals surface area contributed by atoms with E-state index in [1.165, 1.54) is 11.1 Å². The minimum absolute atomic E-state index is 0.426. The number of nitrogens with one attached hydrogen (secondary N) is 1. The third-order valence-electron chi connectivity index (χ3n) is 3.30. The molecule has 2 rings (SSSR count). The van der Waals surface area contributed by atoms with Crippen LogP contribution in [0, 0.1) is 0 Å². The number of aromatic nitrogens is 1. The summed E-state index contributed by atoms with van der Waals surface area (Å²) in [5.74, 6) is 0. The molecule has 0 amide bonds. The van der Waals surface area contributed by atoms with Crippen molar-refractivity contribution in [2.75, 3.05) is 6.54 Å². The first kappa shape index (κ1) is 16.7. The first-order valence-corrected chi connectivity index (χ1v) is 8.83. The second-order valence-corrected chi connectivity index (χ2v) is 7.03. The van der Waals surface area contributed by atoms with E-state index in [2.05, 4.69) is 79.4 Å². The molecule has 1 atom stereocenters. The van der Waals surface area contributed by atoms with Gasteiger partial charge < -0.3 is 5.32 Å². The summed E-state index contributed by atoms with van der Waals surface area (Å²) in [4.78, 5) is 4.26. The van der Waals surface area contributed by atoms with Crippen molar-refractivity contribution in [3.05, 3.63) is 62.8 Å². The lowest BCUT2D eigenvalue weighted by Gasteiger charge is -2.19. The van der Waals surface area contributed by atoms with Gasteiger partial charge in [-0.25, -0.2) is 0 Å². The zero-order valence-electron chi connectivity index (χ0n) is 12.2. The van der Waals surface area contributed by atoms with Gasteiger partial charge in [-0.15, -0.1) is 0 Å². The second-order valence-electron chi connectivity index (χ2n) is 5.20. The van der Waals surface area contributed by atoms with Crippen LogP contribution in [-0.2, 0) is 12.8 Å². The highest BCUT2D eigenvalue weighted by Gasteiger charge is 2.11. The fourth-order valence-corrected chi connectivity index (χ4v) is 3.22. The van der Waals surface area contributed by atoms with Crippen LogP contribution in [0.15, 0.2) is 51.7 Å². The lowest BCUT2D eigenvalue weighted by molar-refractivity contribution is 0.504. The number of hydrogen-bond donors (Lipinski definition) is 1. The van der Waals surface area contributed by atoms with E-state index >= 15 is 0 Å². The minimum atomic E-state index is 0.426. The molecule has 0 saturated heterocycles. The van der Waals surface area contributed by atoms with Crippen LogP contribution < -0.4 is 5.32 Å². The molecule has 2 nitrogen and oxygen atoms in total. The van der Waals surface area contributed by atoms with E-state index in [0.717, 1.165) is 34.8 Å². The van der Waals surface area contributed by atoms with Crippen molar-refractivity contribution in [2.24, 2.45) is 0 Å². The molecule has 0 aliphatic heterocycles. The monoisotopic (exact) mass is 410 g/mol. The van der Waals surface area contributed by atoms with Crippen molar-refractivity contribution in [1.29, 1.82) is 0 Å². The van der Waals surface area contributed by atoms with Crippen molar-refractivity contribution in [2.45, 2.75) is 32.2 Å². The Balaban J connectivity index is 2.06. The molecule has 0 radical (unpaired) electrons. The summed E-state index contributed by atoms with van der Waals surface area (Å²) in [6, 6.07) is 11.1. The molecule has 0 saturated carbocycles. The van der Waals surface area contributed by atoms with Gasteiger partial charge in [0.15, 0.2) is 0 Å². The van der Waals surface area contributed by atoms with Crippen LogP contribution in [0.5, 0.6) is 0 Å². The highest BCUT2D eigenvalue weighted by Crippen LogP contribution is 2.16. The van der Waals surface area contributed by atoms with Gasteiger partial charge in [0.25, 0.3) is 0 Å². The van der Waals surface area contributed by atoms with Gasteiger partial charge in [0.1, 0.15) is 0 Å². The lowest BCUT2D eigenvalue weighted by atomic mass is 10.00. The van der Waals surface area contributed by atoms with Gasteiger partial charge in [0.05, 0.1) is 0 Å². The maximum atomic E-state index is 4.26. The molecule has 0 bridgehead atoms. The SMILES string of the molecule is CCCNC(Cc1cccc(Br)c1)Cc1cncc(Br)c1. The van der Waals surface area contributed by atoms with Gasteiger partial charge in [0.2, 0.25) is 0 Å². The van der Waals surface area contributed by atoms with E-state index in [0.29, 0.717) is 6.04 Å². The first-order chi connectivity index (χ1) is 10.2. The van der Waals surface area contributed by atoms with Crippen LogP contribution in [0.2, 0.25) is 0 Å². The summed E-state index contributed by atoms with van der Waals surface area (Å²) in [5, 5.41) is 3.65. The average Bonchev–Trinajstić information content (AvgIpc) is 2.45. The van der Waals surface area contributed by atoms with Gasteiger partial charge in [0, 0.05) is 27.4 Å². The molecule has 21 heavy (non-hydrogen) atoms. The van der Waals surface area contributed by atoms with Gasteiger partial charge >= 0.3 is 0 Å². The molecule has 0 aliphatic rings. The molecular weight excluding hydrogens is 392 g/mol. The average molecular weight is 412 g/mol. The smallest absolute Gasteiger partial charge is 0.0410 e. The van der Waals surface area contributed by atoms with Crippen LogP contribution in [0.3, 0.4) is 0 Å². The Morgan fingerprint density at radius 1 is 1.05 bits per heavy atom. The maximum absolute atomic E-state index is 4.26. The first-order valence-electron chi connectivity index (χ1n) is 7.24. The number of benzene rings is 1. The van der Waals surface area contributed by atoms with Gasteiger partial charge in [-0.2, -0.15) is 0 Å². The van der Waals surface area contributed by atoms with E-state index in [4.69, 9.17) is 0 Å². The molecule has 0 fully saturated rings. The molecule has 1 unspecified atom stereocenters. The molecule has 112 valence electrons. The number of rotatable bonds is 7. The molecule has 1 heterocycles. The molecule has 1 aromatic carbocycles. The number of pyridine rings is 1. The highest BCUT2D eigenvalue weighted by molar-refractivity contribution is 9.10. The van der Waals surface area contributed by atoms with E-state index in [-0.39, 0.29) is 0 Å². The van der Waals surface area contributed by atoms with Crippen LogP contribution >= 0.6 is 31.9 Å². The van der Waals surface area contributed by atoms with Crippen molar-refractivity contribution < 1.29 is 0 Å². The minimum Gasteiger partial charge on any atom is -0.313 e. The predicted octanol–water partition coefficient (Wildman–Crippen LogP) is 4.76. The van der Waals surface area contributed by atoms with Crippen LogP contribution in [0.25, 0.3) is 0 Å². The van der Waals surface area contributed by atoms with Crippen LogP contribution in [0.1, 0.15) is 24.5 Å². The lowest BCUT2D eigenvalue weighted by Crippen LogP contribution is -2.33. The standard InChI is InChI=1S/C17H20Br2N2/c1-2-6-21-17(9-13-4-3-5-15(18)7-13)10-14-8-16(19)12-20-11-14/h3-5,7-8,11-12,17,21H,2,6,9-10H2,1H3. The third kappa shape index (κ3) is 5.89. The molecule has 2 aromatic rings. The summed E-state index contributed by atoms with van der Waals surface area (Å²) >= 11 is 7.04. The Bertz CT molecular complexity index is 525. The summed E-state index contributed by atoms with van der Waals surface area (Å²) in [6.45, 7) is 3.24. The Hall–Kier alpha value is -0.710. The molecule has 4 heteroatoms. The Labute approximate surface area is 143 Å².